The van der Waals surface area contributed by atoms with Crippen molar-refractivity contribution in [1.82, 2.24) is 10.2 Å². The normalized spacial score (nSPS) is 19.2. The van der Waals surface area contributed by atoms with Gasteiger partial charge in [-0.2, -0.15) is 0 Å². The van der Waals surface area contributed by atoms with E-state index in [4.69, 9.17) is 4.74 Å². The number of amides is 1. The van der Waals surface area contributed by atoms with E-state index in [-0.39, 0.29) is 5.91 Å². The Balaban J connectivity index is 1.85. The number of halogens is 1. The summed E-state index contributed by atoms with van der Waals surface area (Å²) in [7, 11) is 1.84. The van der Waals surface area contributed by atoms with Crippen molar-refractivity contribution >= 4 is 21.8 Å². The molecule has 0 saturated carbocycles. The molecule has 0 aromatic heterocycles. The molecule has 1 heterocycles. The van der Waals surface area contributed by atoms with Gasteiger partial charge in [0.05, 0.1) is 13.2 Å². The average Bonchev–Trinajstić information content (AvgIpc) is 2.45. The lowest BCUT2D eigenvalue weighted by molar-refractivity contribution is 0.0654. The minimum absolute atomic E-state index is 0.0537. The summed E-state index contributed by atoms with van der Waals surface area (Å²) in [5, 5.41) is 3.39. The van der Waals surface area contributed by atoms with Gasteiger partial charge in [-0.05, 0) is 24.6 Å². The molecule has 1 atom stereocenters. The van der Waals surface area contributed by atoms with Crippen LogP contribution in [0.1, 0.15) is 16.8 Å². The van der Waals surface area contributed by atoms with Crippen molar-refractivity contribution in [2.24, 2.45) is 0 Å². The molecule has 1 unspecified atom stereocenters. The second kappa shape index (κ2) is 7.03. The number of morpholine rings is 1. The highest BCUT2D eigenvalue weighted by molar-refractivity contribution is 9.10. The highest BCUT2D eigenvalue weighted by atomic mass is 79.9. The monoisotopic (exact) mass is 326 g/mol. The summed E-state index contributed by atoms with van der Waals surface area (Å²) in [5.74, 6) is 0.0537. The average molecular weight is 327 g/mol. The van der Waals surface area contributed by atoms with Crippen LogP contribution in [0.5, 0.6) is 0 Å². The minimum Gasteiger partial charge on any atom is -0.379 e. The number of carbonyl (C=O) groups is 1. The molecule has 5 heteroatoms. The molecule has 1 N–H and O–H groups in total. The molecule has 1 aromatic rings. The zero-order chi connectivity index (χ0) is 13.7. The third kappa shape index (κ3) is 4.30. The summed E-state index contributed by atoms with van der Waals surface area (Å²) in [6.45, 7) is 3.14. The molecule has 1 aromatic carbocycles. The largest absolute Gasteiger partial charge is 0.379 e. The molecule has 1 fully saturated rings. The van der Waals surface area contributed by atoms with E-state index in [0.29, 0.717) is 11.6 Å². The van der Waals surface area contributed by atoms with Gasteiger partial charge in [-0.3, -0.25) is 4.79 Å². The van der Waals surface area contributed by atoms with Crippen molar-refractivity contribution in [2.75, 3.05) is 33.4 Å². The summed E-state index contributed by atoms with van der Waals surface area (Å²) in [6, 6.07) is 7.83. The second-order valence-corrected chi connectivity index (χ2v) is 5.67. The van der Waals surface area contributed by atoms with Gasteiger partial charge in [0.15, 0.2) is 0 Å². The Labute approximate surface area is 122 Å². The number of carbonyl (C=O) groups excluding carboxylic acids is 1. The van der Waals surface area contributed by atoms with Gasteiger partial charge in [0.1, 0.15) is 0 Å². The van der Waals surface area contributed by atoms with E-state index >= 15 is 0 Å². The molecule has 1 aliphatic heterocycles. The molecule has 104 valence electrons. The number of benzene rings is 1. The Kier molecular flexibility index (Phi) is 5.36. The van der Waals surface area contributed by atoms with Gasteiger partial charge in [-0.25, -0.2) is 0 Å². The number of nitrogens with one attached hydrogen (secondary N) is 1. The maximum atomic E-state index is 12.2. The quantitative estimate of drug-likeness (QED) is 0.918. The van der Waals surface area contributed by atoms with Gasteiger partial charge in [0.2, 0.25) is 0 Å². The summed E-state index contributed by atoms with van der Waals surface area (Å²) in [6.07, 6.45) is 0.913. The van der Waals surface area contributed by atoms with Crippen LogP contribution in [-0.4, -0.2) is 50.2 Å². The van der Waals surface area contributed by atoms with Crippen LogP contribution < -0.4 is 5.32 Å². The van der Waals surface area contributed by atoms with Crippen LogP contribution >= 0.6 is 15.9 Å². The number of hydrogen-bond acceptors (Lipinski definition) is 3. The summed E-state index contributed by atoms with van der Waals surface area (Å²) in [4.78, 5) is 14.0. The van der Waals surface area contributed by atoms with E-state index in [1.807, 2.05) is 31.3 Å². The highest BCUT2D eigenvalue weighted by Crippen LogP contribution is 2.13. The number of ether oxygens (including phenoxy) is 1. The molecule has 1 aliphatic rings. The predicted octanol–water partition coefficient (Wildman–Crippen LogP) is 1.90. The number of hydrogen-bond donors (Lipinski definition) is 1. The van der Waals surface area contributed by atoms with E-state index in [1.165, 1.54) is 0 Å². The molecule has 0 spiro atoms. The summed E-state index contributed by atoms with van der Waals surface area (Å²) in [5.41, 5.74) is 0.713. The fourth-order valence-electron chi connectivity index (χ4n) is 2.10. The van der Waals surface area contributed by atoms with Gasteiger partial charge < -0.3 is 15.0 Å². The first-order chi connectivity index (χ1) is 9.16. The van der Waals surface area contributed by atoms with E-state index < -0.39 is 0 Å². The lowest BCUT2D eigenvalue weighted by atomic mass is 10.1. The maximum Gasteiger partial charge on any atom is 0.253 e. The van der Waals surface area contributed by atoms with E-state index in [9.17, 15) is 4.79 Å². The van der Waals surface area contributed by atoms with Gasteiger partial charge in [0, 0.05) is 36.2 Å². The van der Waals surface area contributed by atoms with E-state index in [2.05, 4.69) is 21.2 Å². The predicted molar refractivity (Wildman–Crippen MR) is 78.3 cm³/mol. The van der Waals surface area contributed by atoms with Crippen LogP contribution in [0, 0.1) is 0 Å². The molecule has 0 bridgehead atoms. The molecular formula is C14H19BrN2O2. The van der Waals surface area contributed by atoms with Crippen molar-refractivity contribution in [1.29, 1.82) is 0 Å². The van der Waals surface area contributed by atoms with E-state index in [1.54, 1.807) is 4.90 Å². The van der Waals surface area contributed by atoms with Crippen molar-refractivity contribution < 1.29 is 9.53 Å². The molecule has 1 saturated heterocycles. The van der Waals surface area contributed by atoms with Crippen LogP contribution in [0.3, 0.4) is 0 Å². The Hall–Kier alpha value is -0.910. The zero-order valence-electron chi connectivity index (χ0n) is 11.1. The SMILES string of the molecule is CN(CCC1COCCN1)C(=O)c1cccc(Br)c1. The Morgan fingerprint density at radius 3 is 3.11 bits per heavy atom. The molecule has 4 nitrogen and oxygen atoms in total. The topological polar surface area (TPSA) is 41.6 Å². The fourth-order valence-corrected chi connectivity index (χ4v) is 2.50. The highest BCUT2D eigenvalue weighted by Gasteiger charge is 2.16. The van der Waals surface area contributed by atoms with Crippen LogP contribution in [0.15, 0.2) is 28.7 Å². The summed E-state index contributed by atoms with van der Waals surface area (Å²) >= 11 is 3.38. The van der Waals surface area contributed by atoms with Crippen molar-refractivity contribution in [2.45, 2.75) is 12.5 Å². The number of rotatable bonds is 4. The molecule has 19 heavy (non-hydrogen) atoms. The zero-order valence-corrected chi connectivity index (χ0v) is 12.6. The van der Waals surface area contributed by atoms with Crippen LogP contribution in [0.2, 0.25) is 0 Å². The third-order valence-electron chi connectivity index (χ3n) is 3.23. The van der Waals surface area contributed by atoms with Gasteiger partial charge >= 0.3 is 0 Å². The third-order valence-corrected chi connectivity index (χ3v) is 3.72. The van der Waals surface area contributed by atoms with Crippen LogP contribution in [0.25, 0.3) is 0 Å². The minimum atomic E-state index is 0.0537. The first kappa shape index (κ1) is 14.5. The molecule has 1 amide bonds. The molecular weight excluding hydrogens is 308 g/mol. The van der Waals surface area contributed by atoms with E-state index in [0.717, 1.165) is 37.2 Å². The molecule has 0 aliphatic carbocycles. The van der Waals surface area contributed by atoms with Crippen molar-refractivity contribution in [3.63, 3.8) is 0 Å². The molecule has 2 rings (SSSR count). The standard InChI is InChI=1S/C14H19BrN2O2/c1-17(7-5-13-10-19-8-6-16-13)14(18)11-3-2-4-12(15)9-11/h2-4,9,13,16H,5-8,10H2,1H3. The molecule has 0 radical (unpaired) electrons. The number of nitrogens with zero attached hydrogens (tertiary/aromatic N) is 1. The second-order valence-electron chi connectivity index (χ2n) is 4.75. The Bertz CT molecular complexity index is 433. The van der Waals surface area contributed by atoms with Gasteiger partial charge in [-0.1, -0.05) is 22.0 Å². The van der Waals surface area contributed by atoms with Crippen molar-refractivity contribution in [3.05, 3.63) is 34.3 Å². The van der Waals surface area contributed by atoms with Crippen LogP contribution in [0.4, 0.5) is 0 Å². The lowest BCUT2D eigenvalue weighted by Crippen LogP contribution is -2.43. The van der Waals surface area contributed by atoms with Crippen LogP contribution in [-0.2, 0) is 4.74 Å². The summed E-state index contributed by atoms with van der Waals surface area (Å²) < 4.78 is 6.33. The Morgan fingerprint density at radius 2 is 2.42 bits per heavy atom. The van der Waals surface area contributed by atoms with Gasteiger partial charge in [0.25, 0.3) is 5.91 Å². The first-order valence-electron chi connectivity index (χ1n) is 6.49. The maximum absolute atomic E-state index is 12.2. The lowest BCUT2D eigenvalue weighted by Gasteiger charge is -2.26. The smallest absolute Gasteiger partial charge is 0.253 e. The van der Waals surface area contributed by atoms with Crippen molar-refractivity contribution in [3.8, 4) is 0 Å². The fraction of sp³-hybridized carbons (Fsp3) is 0.500. The van der Waals surface area contributed by atoms with Gasteiger partial charge in [-0.15, -0.1) is 0 Å². The first-order valence-corrected chi connectivity index (χ1v) is 7.28. The Morgan fingerprint density at radius 1 is 1.58 bits per heavy atom.